The highest BCUT2D eigenvalue weighted by Gasteiger charge is 2.33. The zero-order valence-electron chi connectivity index (χ0n) is 9.57. The normalized spacial score (nSPS) is 11.6. The third-order valence-corrected chi connectivity index (χ3v) is 2.73. The van der Waals surface area contributed by atoms with Gasteiger partial charge in [0.25, 0.3) is 0 Å². The number of rotatable bonds is 2. The summed E-state index contributed by atoms with van der Waals surface area (Å²) in [5.74, 6) is -0.536. The Balaban J connectivity index is 2.43. The fourth-order valence-corrected chi connectivity index (χ4v) is 1.74. The zero-order chi connectivity index (χ0) is 14.2. The summed E-state index contributed by atoms with van der Waals surface area (Å²) >= 11 is 5.64. The molecule has 19 heavy (non-hydrogen) atoms. The van der Waals surface area contributed by atoms with Gasteiger partial charge < -0.3 is 0 Å². The number of alkyl halides is 3. The van der Waals surface area contributed by atoms with Crippen LogP contribution in [0.2, 0.25) is 5.15 Å². The summed E-state index contributed by atoms with van der Waals surface area (Å²) < 4.78 is 38.6. The van der Waals surface area contributed by atoms with Gasteiger partial charge in [-0.05, 0) is 18.2 Å². The van der Waals surface area contributed by atoms with E-state index in [4.69, 9.17) is 11.6 Å². The Hall–Kier alpha value is -1.89. The van der Waals surface area contributed by atoms with Crippen molar-refractivity contribution in [1.29, 1.82) is 0 Å². The van der Waals surface area contributed by atoms with E-state index in [1.54, 1.807) is 7.05 Å². The number of hydrogen-bond acceptors (Lipinski definition) is 3. The van der Waals surface area contributed by atoms with Gasteiger partial charge in [0.15, 0.2) is 0 Å². The van der Waals surface area contributed by atoms with Gasteiger partial charge in [-0.2, -0.15) is 18.3 Å². The van der Waals surface area contributed by atoms with Crippen molar-refractivity contribution in [2.24, 2.45) is 7.05 Å². The van der Waals surface area contributed by atoms with Crippen LogP contribution >= 0.6 is 11.6 Å². The number of aryl methyl sites for hydroxylation is 1. The number of ketones is 1. The predicted octanol–water partition coefficient (Wildman–Crippen LogP) is 2.72. The van der Waals surface area contributed by atoms with Crippen LogP contribution in [0.1, 0.15) is 21.7 Å². The summed E-state index contributed by atoms with van der Waals surface area (Å²) in [4.78, 5) is 15.2. The molecule has 0 N–H and O–H groups in total. The van der Waals surface area contributed by atoms with Crippen LogP contribution in [0.25, 0.3) is 0 Å². The van der Waals surface area contributed by atoms with Crippen LogP contribution in [-0.4, -0.2) is 20.5 Å². The Labute approximate surface area is 110 Å². The molecule has 0 aromatic carbocycles. The lowest BCUT2D eigenvalue weighted by Gasteiger charge is -2.08. The Kier molecular flexibility index (Phi) is 3.32. The van der Waals surface area contributed by atoms with E-state index >= 15 is 0 Å². The number of hydrogen-bond donors (Lipinski definition) is 0. The summed E-state index contributed by atoms with van der Waals surface area (Å²) in [5, 5.41) is 3.32. The summed E-state index contributed by atoms with van der Waals surface area (Å²) in [6, 6.07) is 3.17. The van der Waals surface area contributed by atoms with Gasteiger partial charge in [-0.15, -0.1) is 0 Å². The van der Waals surface area contributed by atoms with Gasteiger partial charge in [0, 0.05) is 13.2 Å². The largest absolute Gasteiger partial charge is 0.433 e. The van der Waals surface area contributed by atoms with E-state index < -0.39 is 22.8 Å². The number of carbonyl (C=O) groups is 1. The Bertz CT molecular complexity index is 636. The van der Waals surface area contributed by atoms with Crippen molar-refractivity contribution >= 4 is 17.4 Å². The monoisotopic (exact) mass is 289 g/mol. The van der Waals surface area contributed by atoms with Crippen LogP contribution in [0.5, 0.6) is 0 Å². The van der Waals surface area contributed by atoms with Crippen LogP contribution in [-0.2, 0) is 13.2 Å². The second kappa shape index (κ2) is 4.65. The first-order valence-electron chi connectivity index (χ1n) is 5.07. The maximum atomic E-state index is 12.4. The quantitative estimate of drug-likeness (QED) is 0.631. The average Bonchev–Trinajstić information content (AvgIpc) is 2.73. The summed E-state index contributed by atoms with van der Waals surface area (Å²) in [6.45, 7) is 0. The van der Waals surface area contributed by atoms with Gasteiger partial charge in [-0.3, -0.25) is 9.48 Å². The highest BCUT2D eigenvalue weighted by Crippen LogP contribution is 2.29. The molecule has 0 atom stereocenters. The van der Waals surface area contributed by atoms with E-state index in [2.05, 4.69) is 10.1 Å². The molecule has 0 unspecified atom stereocenters. The minimum atomic E-state index is -4.60. The number of carbonyl (C=O) groups excluding carboxylic acids is 1. The number of halogens is 4. The maximum Gasteiger partial charge on any atom is 0.433 e. The molecule has 0 spiro atoms. The predicted molar refractivity (Wildman–Crippen MR) is 60.9 cm³/mol. The van der Waals surface area contributed by atoms with Gasteiger partial charge in [0.1, 0.15) is 16.5 Å². The van der Waals surface area contributed by atoms with Crippen LogP contribution in [0.3, 0.4) is 0 Å². The molecular formula is C11H7ClF3N3O. The fourth-order valence-electron chi connectivity index (χ4n) is 1.50. The van der Waals surface area contributed by atoms with Crippen molar-refractivity contribution in [2.45, 2.75) is 6.18 Å². The molecule has 0 radical (unpaired) electrons. The van der Waals surface area contributed by atoms with Gasteiger partial charge in [0.05, 0.1) is 5.56 Å². The average molecular weight is 290 g/mol. The third-order valence-electron chi connectivity index (χ3n) is 2.44. The van der Waals surface area contributed by atoms with Crippen molar-refractivity contribution in [3.63, 3.8) is 0 Å². The molecule has 100 valence electrons. The van der Waals surface area contributed by atoms with Crippen molar-refractivity contribution in [1.82, 2.24) is 14.8 Å². The number of pyridine rings is 1. The van der Waals surface area contributed by atoms with Crippen molar-refractivity contribution in [3.05, 3.63) is 46.5 Å². The van der Waals surface area contributed by atoms with E-state index in [-0.39, 0.29) is 11.3 Å². The zero-order valence-corrected chi connectivity index (χ0v) is 10.3. The first kappa shape index (κ1) is 13.5. The molecule has 4 nitrogen and oxygen atoms in total. The first-order chi connectivity index (χ1) is 8.80. The van der Waals surface area contributed by atoms with Crippen LogP contribution in [0, 0.1) is 0 Å². The van der Waals surface area contributed by atoms with Crippen molar-refractivity contribution in [2.75, 3.05) is 0 Å². The van der Waals surface area contributed by atoms with Crippen LogP contribution in [0.15, 0.2) is 24.4 Å². The smallest absolute Gasteiger partial charge is 0.287 e. The second-order valence-corrected chi connectivity index (χ2v) is 4.06. The molecule has 0 aliphatic carbocycles. The molecule has 0 amide bonds. The van der Waals surface area contributed by atoms with Gasteiger partial charge in [-0.1, -0.05) is 11.6 Å². The van der Waals surface area contributed by atoms with Crippen LogP contribution < -0.4 is 0 Å². The highest BCUT2D eigenvalue weighted by atomic mass is 35.5. The standard InChI is InChI=1S/C11H7ClF3N3O/c1-18-7(4-5-16-18)9(19)6-2-3-8(11(13,14)15)17-10(6)12/h2-5H,1H3. The lowest BCUT2D eigenvalue weighted by Crippen LogP contribution is -2.12. The van der Waals surface area contributed by atoms with Gasteiger partial charge >= 0.3 is 6.18 Å². The molecule has 0 saturated carbocycles. The SMILES string of the molecule is Cn1nccc1C(=O)c1ccc(C(F)(F)F)nc1Cl. The fraction of sp³-hybridized carbons (Fsp3) is 0.182. The summed E-state index contributed by atoms with van der Waals surface area (Å²) in [7, 11) is 1.54. The molecule has 2 rings (SSSR count). The third kappa shape index (κ3) is 2.60. The Morgan fingerprint density at radius 1 is 1.32 bits per heavy atom. The van der Waals surface area contributed by atoms with E-state index in [0.29, 0.717) is 0 Å². The molecule has 0 aliphatic heterocycles. The minimum absolute atomic E-state index is 0.0988. The summed E-state index contributed by atoms with van der Waals surface area (Å²) in [5.41, 5.74) is -1.03. The molecule has 0 aliphatic rings. The van der Waals surface area contributed by atoms with E-state index in [9.17, 15) is 18.0 Å². The topological polar surface area (TPSA) is 47.8 Å². The van der Waals surface area contributed by atoms with E-state index in [1.807, 2.05) is 0 Å². The van der Waals surface area contributed by atoms with Crippen molar-refractivity contribution in [3.8, 4) is 0 Å². The molecular weight excluding hydrogens is 283 g/mol. The van der Waals surface area contributed by atoms with Gasteiger partial charge in [0.2, 0.25) is 5.78 Å². The van der Waals surface area contributed by atoms with Crippen molar-refractivity contribution < 1.29 is 18.0 Å². The van der Waals surface area contributed by atoms with E-state index in [1.165, 1.54) is 16.9 Å². The molecule has 0 fully saturated rings. The first-order valence-corrected chi connectivity index (χ1v) is 5.45. The Morgan fingerprint density at radius 3 is 2.47 bits per heavy atom. The summed E-state index contributed by atoms with van der Waals surface area (Å²) in [6.07, 6.45) is -3.20. The molecule has 8 heteroatoms. The lowest BCUT2D eigenvalue weighted by atomic mass is 10.1. The molecule has 0 bridgehead atoms. The van der Waals surface area contributed by atoms with Crippen LogP contribution in [0.4, 0.5) is 13.2 Å². The lowest BCUT2D eigenvalue weighted by molar-refractivity contribution is -0.141. The maximum absolute atomic E-state index is 12.4. The molecule has 2 aromatic heterocycles. The second-order valence-electron chi connectivity index (χ2n) is 3.70. The molecule has 2 heterocycles. The number of aromatic nitrogens is 3. The minimum Gasteiger partial charge on any atom is -0.287 e. The Morgan fingerprint density at radius 2 is 2.00 bits per heavy atom. The molecule has 2 aromatic rings. The number of nitrogens with zero attached hydrogens (tertiary/aromatic N) is 3. The highest BCUT2D eigenvalue weighted by molar-refractivity contribution is 6.33. The van der Waals surface area contributed by atoms with E-state index in [0.717, 1.165) is 12.1 Å². The molecule has 0 saturated heterocycles. The van der Waals surface area contributed by atoms with Gasteiger partial charge in [-0.25, -0.2) is 4.98 Å².